The SMILES string of the molecule is c1ccc(-c2nc(-c3ccncc3)c3oc4ccccc4c3n2)cc1. The van der Waals surface area contributed by atoms with Gasteiger partial charge in [0.2, 0.25) is 0 Å². The van der Waals surface area contributed by atoms with E-state index in [9.17, 15) is 0 Å². The van der Waals surface area contributed by atoms with Crippen molar-refractivity contribution in [1.29, 1.82) is 0 Å². The number of rotatable bonds is 2. The largest absolute Gasteiger partial charge is 0.452 e. The van der Waals surface area contributed by atoms with Gasteiger partial charge in [0.05, 0.1) is 0 Å². The van der Waals surface area contributed by atoms with E-state index in [1.165, 1.54) is 0 Å². The van der Waals surface area contributed by atoms with Crippen LogP contribution in [0.15, 0.2) is 83.5 Å². The van der Waals surface area contributed by atoms with Crippen LogP contribution in [0.25, 0.3) is 44.7 Å². The standard InChI is InChI=1S/C21H13N3O/c1-2-6-15(7-3-1)21-23-18(14-10-12-22-13-11-14)20-19(24-21)16-8-4-5-9-17(16)25-20/h1-13H. The minimum atomic E-state index is 0.687. The molecule has 3 aromatic heterocycles. The average molecular weight is 323 g/mol. The minimum Gasteiger partial charge on any atom is -0.452 e. The summed E-state index contributed by atoms with van der Waals surface area (Å²) in [5, 5.41) is 0.993. The molecule has 4 heteroatoms. The van der Waals surface area contributed by atoms with E-state index in [0.717, 1.165) is 33.3 Å². The van der Waals surface area contributed by atoms with Crippen LogP contribution in [-0.4, -0.2) is 15.0 Å². The summed E-state index contributed by atoms with van der Waals surface area (Å²) in [7, 11) is 0. The lowest BCUT2D eigenvalue weighted by molar-refractivity contribution is 0.667. The quantitative estimate of drug-likeness (QED) is 0.453. The van der Waals surface area contributed by atoms with Gasteiger partial charge in [-0.3, -0.25) is 4.98 Å². The summed E-state index contributed by atoms with van der Waals surface area (Å²) in [6.07, 6.45) is 3.52. The molecule has 118 valence electrons. The molecule has 5 aromatic rings. The van der Waals surface area contributed by atoms with Gasteiger partial charge in [-0.1, -0.05) is 42.5 Å². The third kappa shape index (κ3) is 2.27. The highest BCUT2D eigenvalue weighted by atomic mass is 16.3. The number of furan rings is 1. The zero-order chi connectivity index (χ0) is 16.6. The van der Waals surface area contributed by atoms with Gasteiger partial charge in [-0.15, -0.1) is 0 Å². The van der Waals surface area contributed by atoms with Crippen molar-refractivity contribution in [2.45, 2.75) is 0 Å². The second kappa shape index (κ2) is 5.53. The first kappa shape index (κ1) is 13.9. The molecule has 5 rings (SSSR count). The van der Waals surface area contributed by atoms with Crippen LogP contribution in [0.1, 0.15) is 0 Å². The van der Waals surface area contributed by atoms with Crippen LogP contribution in [0.4, 0.5) is 0 Å². The van der Waals surface area contributed by atoms with Gasteiger partial charge in [-0.05, 0) is 24.3 Å². The van der Waals surface area contributed by atoms with Crippen LogP contribution in [0, 0.1) is 0 Å². The summed E-state index contributed by atoms with van der Waals surface area (Å²) < 4.78 is 6.08. The van der Waals surface area contributed by atoms with Gasteiger partial charge in [0.25, 0.3) is 0 Å². The lowest BCUT2D eigenvalue weighted by Crippen LogP contribution is -1.93. The molecular weight excluding hydrogens is 310 g/mol. The van der Waals surface area contributed by atoms with Crippen LogP contribution in [0.3, 0.4) is 0 Å². The summed E-state index contributed by atoms with van der Waals surface area (Å²) in [6, 6.07) is 21.8. The summed E-state index contributed by atoms with van der Waals surface area (Å²) in [6.45, 7) is 0. The van der Waals surface area contributed by atoms with E-state index in [1.54, 1.807) is 12.4 Å². The lowest BCUT2D eigenvalue weighted by atomic mass is 10.1. The van der Waals surface area contributed by atoms with Gasteiger partial charge in [-0.2, -0.15) is 0 Å². The van der Waals surface area contributed by atoms with Crippen molar-refractivity contribution in [3.05, 3.63) is 79.1 Å². The molecule has 0 aliphatic heterocycles. The molecule has 0 fully saturated rings. The van der Waals surface area contributed by atoms with Crippen LogP contribution in [0.2, 0.25) is 0 Å². The molecule has 0 aliphatic rings. The number of pyridine rings is 1. The molecule has 0 saturated heterocycles. The number of aromatic nitrogens is 3. The summed E-state index contributed by atoms with van der Waals surface area (Å²) in [4.78, 5) is 13.7. The summed E-state index contributed by atoms with van der Waals surface area (Å²) in [5.74, 6) is 0.687. The highest BCUT2D eigenvalue weighted by Crippen LogP contribution is 2.34. The molecule has 2 aromatic carbocycles. The van der Waals surface area contributed by atoms with Gasteiger partial charge < -0.3 is 4.42 Å². The first-order valence-electron chi connectivity index (χ1n) is 8.05. The van der Waals surface area contributed by atoms with Gasteiger partial charge in [0.1, 0.15) is 16.8 Å². The zero-order valence-electron chi connectivity index (χ0n) is 13.3. The number of hydrogen-bond donors (Lipinski definition) is 0. The normalized spacial score (nSPS) is 11.2. The maximum atomic E-state index is 6.08. The van der Waals surface area contributed by atoms with E-state index in [0.29, 0.717) is 11.4 Å². The third-order valence-corrected chi connectivity index (χ3v) is 4.21. The van der Waals surface area contributed by atoms with Crippen LogP contribution in [0.5, 0.6) is 0 Å². The Morgan fingerprint density at radius 2 is 1.44 bits per heavy atom. The maximum absolute atomic E-state index is 6.08. The molecule has 0 saturated carbocycles. The van der Waals surface area contributed by atoms with E-state index >= 15 is 0 Å². The third-order valence-electron chi connectivity index (χ3n) is 4.21. The zero-order valence-corrected chi connectivity index (χ0v) is 13.3. The Balaban J connectivity index is 1.90. The fourth-order valence-electron chi connectivity index (χ4n) is 3.01. The second-order valence-corrected chi connectivity index (χ2v) is 5.77. The molecule has 0 bridgehead atoms. The van der Waals surface area contributed by atoms with Crippen molar-refractivity contribution in [1.82, 2.24) is 15.0 Å². The van der Waals surface area contributed by atoms with Gasteiger partial charge in [-0.25, -0.2) is 9.97 Å². The van der Waals surface area contributed by atoms with Gasteiger partial charge >= 0.3 is 0 Å². The van der Waals surface area contributed by atoms with Crippen molar-refractivity contribution in [2.24, 2.45) is 0 Å². The Hall–Kier alpha value is -3.53. The van der Waals surface area contributed by atoms with Crippen LogP contribution in [-0.2, 0) is 0 Å². The monoisotopic (exact) mass is 323 g/mol. The van der Waals surface area contributed by atoms with E-state index < -0.39 is 0 Å². The van der Waals surface area contributed by atoms with Crippen molar-refractivity contribution in [3.63, 3.8) is 0 Å². The van der Waals surface area contributed by atoms with Crippen molar-refractivity contribution < 1.29 is 4.42 Å². The molecule has 0 unspecified atom stereocenters. The Morgan fingerprint density at radius 3 is 2.28 bits per heavy atom. The van der Waals surface area contributed by atoms with Crippen LogP contribution < -0.4 is 0 Å². The van der Waals surface area contributed by atoms with Gasteiger partial charge in [0, 0.05) is 28.9 Å². The predicted molar refractivity (Wildman–Crippen MR) is 98.0 cm³/mol. The second-order valence-electron chi connectivity index (χ2n) is 5.77. The number of fused-ring (bicyclic) bond motifs is 3. The molecule has 0 atom stereocenters. The summed E-state index contributed by atoms with van der Waals surface area (Å²) in [5.41, 5.74) is 5.06. The molecule has 4 nitrogen and oxygen atoms in total. The minimum absolute atomic E-state index is 0.687. The Labute approximate surface area is 143 Å². The molecule has 0 amide bonds. The average Bonchev–Trinajstić information content (AvgIpc) is 3.07. The van der Waals surface area contributed by atoms with Crippen molar-refractivity contribution in [2.75, 3.05) is 0 Å². The van der Waals surface area contributed by atoms with Gasteiger partial charge in [0.15, 0.2) is 11.4 Å². The van der Waals surface area contributed by atoms with Crippen LogP contribution >= 0.6 is 0 Å². The Bertz CT molecular complexity index is 1180. The summed E-state index contributed by atoms with van der Waals surface area (Å²) >= 11 is 0. The fraction of sp³-hybridized carbons (Fsp3) is 0. The highest BCUT2D eigenvalue weighted by molar-refractivity contribution is 6.06. The molecule has 3 heterocycles. The predicted octanol–water partition coefficient (Wildman–Crippen LogP) is 5.11. The number of benzene rings is 2. The number of nitrogens with zero attached hydrogens (tertiary/aromatic N) is 3. The Kier molecular flexibility index (Phi) is 3.07. The lowest BCUT2D eigenvalue weighted by Gasteiger charge is -2.05. The number of para-hydroxylation sites is 1. The highest BCUT2D eigenvalue weighted by Gasteiger charge is 2.17. The fourth-order valence-corrected chi connectivity index (χ4v) is 3.01. The van der Waals surface area contributed by atoms with E-state index in [-0.39, 0.29) is 0 Å². The molecule has 0 N–H and O–H groups in total. The number of hydrogen-bond acceptors (Lipinski definition) is 4. The van der Waals surface area contributed by atoms with Crippen molar-refractivity contribution in [3.8, 4) is 22.6 Å². The first-order chi connectivity index (χ1) is 12.4. The smallest absolute Gasteiger partial charge is 0.180 e. The van der Waals surface area contributed by atoms with E-state index in [1.807, 2.05) is 66.7 Å². The van der Waals surface area contributed by atoms with Crippen molar-refractivity contribution >= 4 is 22.1 Å². The topological polar surface area (TPSA) is 51.8 Å². The molecule has 0 radical (unpaired) electrons. The van der Waals surface area contributed by atoms with E-state index in [2.05, 4.69) is 4.98 Å². The molecular formula is C21H13N3O. The molecule has 0 spiro atoms. The van der Waals surface area contributed by atoms with E-state index in [4.69, 9.17) is 14.4 Å². The first-order valence-corrected chi connectivity index (χ1v) is 8.05. The molecule has 0 aliphatic carbocycles. The maximum Gasteiger partial charge on any atom is 0.180 e. The molecule has 25 heavy (non-hydrogen) atoms. The Morgan fingerprint density at radius 1 is 0.680 bits per heavy atom.